The molecule has 1 fully saturated rings. The third kappa shape index (κ3) is 4.52. The van der Waals surface area contributed by atoms with E-state index in [1.807, 2.05) is 34.3 Å². The van der Waals surface area contributed by atoms with Gasteiger partial charge in [-0.25, -0.2) is 9.37 Å². The zero-order valence-corrected chi connectivity index (χ0v) is 18.2. The van der Waals surface area contributed by atoms with Crippen molar-refractivity contribution < 1.29 is 4.39 Å². The number of halogens is 2. The van der Waals surface area contributed by atoms with Gasteiger partial charge in [-0.1, -0.05) is 0 Å². The summed E-state index contributed by atoms with van der Waals surface area (Å²) in [4.78, 5) is 14.5. The Hall–Kier alpha value is -1.88. The smallest absolute Gasteiger partial charge is 0.194 e. The van der Waals surface area contributed by atoms with E-state index in [0.29, 0.717) is 6.54 Å². The van der Waals surface area contributed by atoms with Crippen LogP contribution in [0.1, 0.15) is 5.69 Å². The molecule has 9 heteroatoms. The number of nitrogens with one attached hydrogen (secondary N) is 1. The number of imidazole rings is 1. The van der Waals surface area contributed by atoms with Crippen molar-refractivity contribution in [3.8, 4) is 0 Å². The first-order chi connectivity index (χ1) is 12.7. The highest BCUT2D eigenvalue weighted by atomic mass is 127. The normalized spacial score (nSPS) is 15.1. The number of fused-ring (bicyclic) bond motifs is 1. The molecule has 0 spiro atoms. The first-order valence-electron chi connectivity index (χ1n) is 8.60. The second-order valence-corrected chi connectivity index (χ2v) is 7.05. The van der Waals surface area contributed by atoms with E-state index in [2.05, 4.69) is 25.1 Å². The topological polar surface area (TPSA) is 48.2 Å². The lowest BCUT2D eigenvalue weighted by atomic mass is 10.2. The average Bonchev–Trinajstić information content (AvgIpc) is 3.25. The highest BCUT2D eigenvalue weighted by Gasteiger charge is 2.20. The molecule has 6 nitrogen and oxygen atoms in total. The zero-order chi connectivity index (χ0) is 17.9. The molecule has 3 aromatic rings. The molecule has 0 radical (unpaired) electrons. The Morgan fingerprint density at radius 1 is 1.22 bits per heavy atom. The largest absolute Gasteiger partial charge is 0.368 e. The molecule has 0 unspecified atom stereocenters. The Labute approximate surface area is 178 Å². The van der Waals surface area contributed by atoms with E-state index in [1.54, 1.807) is 18.4 Å². The second kappa shape index (κ2) is 8.87. The molecule has 0 bridgehead atoms. The van der Waals surface area contributed by atoms with Gasteiger partial charge in [0, 0.05) is 56.7 Å². The molecular weight excluding hydrogens is 478 g/mol. The third-order valence-electron chi connectivity index (χ3n) is 4.55. The van der Waals surface area contributed by atoms with Crippen molar-refractivity contribution in [1.29, 1.82) is 0 Å². The van der Waals surface area contributed by atoms with Crippen LogP contribution in [0.25, 0.3) is 4.96 Å². The van der Waals surface area contributed by atoms with Crippen molar-refractivity contribution in [3.63, 3.8) is 0 Å². The highest BCUT2D eigenvalue weighted by molar-refractivity contribution is 14.0. The molecule has 0 amide bonds. The Kier molecular flexibility index (Phi) is 6.53. The van der Waals surface area contributed by atoms with Gasteiger partial charge in [-0.2, -0.15) is 0 Å². The summed E-state index contributed by atoms with van der Waals surface area (Å²) in [6.07, 6.45) is 4.05. The van der Waals surface area contributed by atoms with Crippen LogP contribution in [0.5, 0.6) is 0 Å². The molecule has 0 aliphatic carbocycles. The maximum atomic E-state index is 13.1. The van der Waals surface area contributed by atoms with Gasteiger partial charge < -0.3 is 15.1 Å². The summed E-state index contributed by atoms with van der Waals surface area (Å²) in [5.41, 5.74) is 2.06. The monoisotopic (exact) mass is 500 g/mol. The molecule has 2 aromatic heterocycles. The number of rotatable bonds is 3. The number of piperazine rings is 1. The van der Waals surface area contributed by atoms with Gasteiger partial charge in [0.05, 0.1) is 12.2 Å². The lowest BCUT2D eigenvalue weighted by Crippen LogP contribution is -2.52. The first kappa shape index (κ1) is 19.9. The minimum Gasteiger partial charge on any atom is -0.368 e. The summed E-state index contributed by atoms with van der Waals surface area (Å²) in [6.45, 7) is 4.16. The number of nitrogens with zero attached hydrogens (tertiary/aromatic N) is 5. The Bertz CT molecular complexity index is 870. The van der Waals surface area contributed by atoms with Gasteiger partial charge in [-0.15, -0.1) is 35.3 Å². The molecule has 1 aromatic carbocycles. The minimum atomic E-state index is -0.198. The fourth-order valence-electron chi connectivity index (χ4n) is 3.19. The molecule has 1 saturated heterocycles. The molecule has 1 aliphatic rings. The van der Waals surface area contributed by atoms with Crippen LogP contribution in [0.2, 0.25) is 0 Å². The minimum absolute atomic E-state index is 0. The van der Waals surface area contributed by atoms with E-state index in [0.717, 1.165) is 48.5 Å². The van der Waals surface area contributed by atoms with Crippen LogP contribution in [-0.4, -0.2) is 53.5 Å². The fraction of sp³-hybridized carbons (Fsp3) is 0.333. The molecule has 144 valence electrons. The third-order valence-corrected chi connectivity index (χ3v) is 5.32. The number of aromatic nitrogens is 2. The van der Waals surface area contributed by atoms with E-state index in [1.165, 1.54) is 12.1 Å². The Morgan fingerprint density at radius 2 is 1.96 bits per heavy atom. The quantitative estimate of drug-likeness (QED) is 0.341. The number of guanidine groups is 1. The number of hydrogen-bond donors (Lipinski definition) is 1. The van der Waals surface area contributed by atoms with Crippen LogP contribution in [0, 0.1) is 5.82 Å². The number of aliphatic imine (C=N–C) groups is 1. The standard InChI is InChI=1S/C18H21FN6S.HI/c1-20-17(21-12-15-13-25-10-11-26-18(25)22-15)24-8-6-23(7-9-24)16-4-2-14(19)3-5-16;/h2-5,10-11,13H,6-9,12H2,1H3,(H,20,21);1H. The molecule has 1 aliphatic heterocycles. The molecule has 1 N–H and O–H groups in total. The summed E-state index contributed by atoms with van der Waals surface area (Å²) in [5.74, 6) is 0.691. The average molecular weight is 500 g/mol. The summed E-state index contributed by atoms with van der Waals surface area (Å²) in [7, 11) is 1.81. The van der Waals surface area contributed by atoms with Gasteiger partial charge in [0.25, 0.3) is 0 Å². The van der Waals surface area contributed by atoms with Crippen LogP contribution in [-0.2, 0) is 6.54 Å². The van der Waals surface area contributed by atoms with Gasteiger partial charge in [-0.05, 0) is 24.3 Å². The van der Waals surface area contributed by atoms with E-state index in [9.17, 15) is 4.39 Å². The van der Waals surface area contributed by atoms with Crippen molar-refractivity contribution in [3.05, 3.63) is 53.6 Å². The summed E-state index contributed by atoms with van der Waals surface area (Å²) < 4.78 is 15.1. The molecular formula is C18H22FIN6S. The van der Waals surface area contributed by atoms with E-state index in [4.69, 9.17) is 0 Å². The molecule has 0 saturated carbocycles. The Morgan fingerprint density at radius 3 is 2.63 bits per heavy atom. The zero-order valence-electron chi connectivity index (χ0n) is 15.0. The molecule has 4 rings (SSSR count). The second-order valence-electron chi connectivity index (χ2n) is 6.18. The van der Waals surface area contributed by atoms with Gasteiger partial charge in [-0.3, -0.25) is 9.39 Å². The lowest BCUT2D eigenvalue weighted by Gasteiger charge is -2.37. The molecule has 0 atom stereocenters. The van der Waals surface area contributed by atoms with Gasteiger partial charge >= 0.3 is 0 Å². The van der Waals surface area contributed by atoms with Crippen molar-refractivity contribution in [2.45, 2.75) is 6.54 Å². The predicted molar refractivity (Wildman–Crippen MR) is 119 cm³/mol. The van der Waals surface area contributed by atoms with Crippen LogP contribution in [0.15, 0.2) is 47.0 Å². The van der Waals surface area contributed by atoms with Gasteiger partial charge in [0.15, 0.2) is 10.9 Å². The van der Waals surface area contributed by atoms with Gasteiger partial charge in [0.2, 0.25) is 0 Å². The number of benzene rings is 1. The van der Waals surface area contributed by atoms with E-state index >= 15 is 0 Å². The number of thiazole rings is 1. The summed E-state index contributed by atoms with van der Waals surface area (Å²) >= 11 is 1.63. The van der Waals surface area contributed by atoms with Crippen LogP contribution in [0.4, 0.5) is 10.1 Å². The molecule has 27 heavy (non-hydrogen) atoms. The predicted octanol–water partition coefficient (Wildman–Crippen LogP) is 3.05. The van der Waals surface area contributed by atoms with Crippen LogP contribution in [0.3, 0.4) is 0 Å². The number of anilines is 1. The van der Waals surface area contributed by atoms with Gasteiger partial charge in [0.1, 0.15) is 5.82 Å². The van der Waals surface area contributed by atoms with Crippen molar-refractivity contribution >= 4 is 51.9 Å². The van der Waals surface area contributed by atoms with Crippen molar-refractivity contribution in [2.24, 2.45) is 4.99 Å². The highest BCUT2D eigenvalue weighted by Crippen LogP contribution is 2.17. The van der Waals surface area contributed by atoms with Crippen molar-refractivity contribution in [2.75, 3.05) is 38.1 Å². The fourth-order valence-corrected chi connectivity index (χ4v) is 3.91. The van der Waals surface area contributed by atoms with Crippen LogP contribution < -0.4 is 10.2 Å². The van der Waals surface area contributed by atoms with E-state index in [-0.39, 0.29) is 29.8 Å². The summed E-state index contributed by atoms with van der Waals surface area (Å²) in [6, 6.07) is 6.70. The maximum absolute atomic E-state index is 13.1. The number of hydrogen-bond acceptors (Lipinski definition) is 4. The first-order valence-corrected chi connectivity index (χ1v) is 9.48. The lowest BCUT2D eigenvalue weighted by molar-refractivity contribution is 0.372. The van der Waals surface area contributed by atoms with Crippen LogP contribution >= 0.6 is 35.3 Å². The SMILES string of the molecule is CN=C(NCc1cn2ccsc2n1)N1CCN(c2ccc(F)cc2)CC1.I. The van der Waals surface area contributed by atoms with Crippen molar-refractivity contribution in [1.82, 2.24) is 19.6 Å². The molecule has 3 heterocycles. The van der Waals surface area contributed by atoms with E-state index < -0.39 is 0 Å². The summed E-state index contributed by atoms with van der Waals surface area (Å²) in [5, 5.41) is 5.43. The Balaban J connectivity index is 0.00000210. The maximum Gasteiger partial charge on any atom is 0.194 e.